The fourth-order valence-electron chi connectivity index (χ4n) is 3.13. The molecule has 1 aliphatic carbocycles. The van der Waals surface area contributed by atoms with Gasteiger partial charge in [0.2, 0.25) is 0 Å². The molecule has 2 aliphatic rings. The Morgan fingerprint density at radius 1 is 1.29 bits per heavy atom. The van der Waals surface area contributed by atoms with E-state index in [1.54, 1.807) is 11.8 Å². The molecule has 0 saturated heterocycles. The number of ketones is 1. The van der Waals surface area contributed by atoms with Crippen molar-refractivity contribution in [1.29, 1.82) is 0 Å². The van der Waals surface area contributed by atoms with Crippen molar-refractivity contribution in [3.8, 4) is 0 Å². The molecule has 3 rings (SSSR count). The van der Waals surface area contributed by atoms with Crippen LogP contribution in [0.2, 0.25) is 0 Å². The standard InChI is InChI=1S/C18H21NOS/c1-4-19-15-7-5-6-8-16(15)21-17(19)10-13-9-14(20)12-18(2,3)11-13/h5-10H,4,11-12H2,1-3H3. The Labute approximate surface area is 130 Å². The maximum absolute atomic E-state index is 11.9. The van der Waals surface area contributed by atoms with Crippen molar-refractivity contribution >= 4 is 23.2 Å². The van der Waals surface area contributed by atoms with Crippen molar-refractivity contribution in [3.63, 3.8) is 0 Å². The number of fused-ring (bicyclic) bond motifs is 1. The van der Waals surface area contributed by atoms with Gasteiger partial charge in [0, 0.05) is 17.9 Å². The van der Waals surface area contributed by atoms with Gasteiger partial charge in [0.15, 0.2) is 5.78 Å². The molecule has 0 N–H and O–H groups in total. The molecule has 0 amide bonds. The first-order valence-electron chi connectivity index (χ1n) is 7.48. The minimum atomic E-state index is 0.0748. The van der Waals surface area contributed by atoms with Crippen molar-refractivity contribution in [3.05, 3.63) is 47.0 Å². The van der Waals surface area contributed by atoms with Crippen LogP contribution in [-0.4, -0.2) is 12.3 Å². The van der Waals surface area contributed by atoms with E-state index in [9.17, 15) is 4.79 Å². The lowest BCUT2D eigenvalue weighted by molar-refractivity contribution is -0.116. The van der Waals surface area contributed by atoms with Crippen LogP contribution in [0, 0.1) is 5.41 Å². The molecule has 0 bridgehead atoms. The number of hydrogen-bond donors (Lipinski definition) is 0. The minimum absolute atomic E-state index is 0.0748. The zero-order valence-corrected chi connectivity index (χ0v) is 13.7. The Hall–Kier alpha value is -1.48. The monoisotopic (exact) mass is 299 g/mol. The summed E-state index contributed by atoms with van der Waals surface area (Å²) in [6.07, 6.45) is 5.66. The number of carbonyl (C=O) groups excluding carboxylic acids is 1. The number of allylic oxidation sites excluding steroid dienone is 3. The smallest absolute Gasteiger partial charge is 0.156 e. The largest absolute Gasteiger partial charge is 0.335 e. The van der Waals surface area contributed by atoms with Gasteiger partial charge in [-0.25, -0.2) is 0 Å². The van der Waals surface area contributed by atoms with Gasteiger partial charge in [-0.1, -0.05) is 37.7 Å². The number of hydrogen-bond acceptors (Lipinski definition) is 3. The van der Waals surface area contributed by atoms with E-state index >= 15 is 0 Å². The SMILES string of the molecule is CCN1C(=CC2=CC(=O)CC(C)(C)C2)Sc2ccccc21. The summed E-state index contributed by atoms with van der Waals surface area (Å²) in [7, 11) is 0. The fraction of sp³-hybridized carbons (Fsp3) is 0.389. The second-order valence-corrected chi connectivity index (χ2v) is 7.56. The van der Waals surface area contributed by atoms with E-state index in [0.717, 1.165) is 18.5 Å². The molecule has 1 aliphatic heterocycles. The van der Waals surface area contributed by atoms with Crippen molar-refractivity contribution in [2.45, 2.75) is 38.5 Å². The Kier molecular flexibility index (Phi) is 3.70. The summed E-state index contributed by atoms with van der Waals surface area (Å²) >= 11 is 1.80. The van der Waals surface area contributed by atoms with Crippen molar-refractivity contribution < 1.29 is 4.79 Å². The zero-order valence-electron chi connectivity index (χ0n) is 12.8. The molecule has 0 radical (unpaired) electrons. The number of thioether (sulfide) groups is 1. The van der Waals surface area contributed by atoms with Crippen LogP contribution in [0.1, 0.15) is 33.6 Å². The summed E-state index contributed by atoms with van der Waals surface area (Å²) in [6.45, 7) is 7.45. The number of nitrogens with zero attached hydrogens (tertiary/aromatic N) is 1. The van der Waals surface area contributed by atoms with E-state index in [1.165, 1.54) is 15.6 Å². The van der Waals surface area contributed by atoms with Gasteiger partial charge in [0.05, 0.1) is 10.7 Å². The van der Waals surface area contributed by atoms with E-state index in [1.807, 2.05) is 6.08 Å². The molecule has 0 unspecified atom stereocenters. The quantitative estimate of drug-likeness (QED) is 0.784. The normalized spacial score (nSPS) is 22.4. The third-order valence-electron chi connectivity index (χ3n) is 3.94. The maximum atomic E-state index is 11.9. The number of carbonyl (C=O) groups is 1. The fourth-order valence-corrected chi connectivity index (χ4v) is 4.34. The lowest BCUT2D eigenvalue weighted by Gasteiger charge is -2.28. The van der Waals surface area contributed by atoms with E-state index in [2.05, 4.69) is 56.0 Å². The van der Waals surface area contributed by atoms with Crippen LogP contribution >= 0.6 is 11.8 Å². The van der Waals surface area contributed by atoms with Gasteiger partial charge in [-0.2, -0.15) is 0 Å². The molecule has 0 spiro atoms. The summed E-state index contributed by atoms with van der Waals surface area (Å²) in [5.41, 5.74) is 2.51. The van der Waals surface area contributed by atoms with Crippen LogP contribution in [0.4, 0.5) is 5.69 Å². The predicted molar refractivity (Wildman–Crippen MR) is 89.5 cm³/mol. The first kappa shape index (κ1) is 14.5. The van der Waals surface area contributed by atoms with Crippen LogP contribution in [0.25, 0.3) is 0 Å². The molecule has 0 fully saturated rings. The summed E-state index contributed by atoms with van der Waals surface area (Å²) in [6, 6.07) is 8.48. The first-order chi connectivity index (χ1) is 9.98. The van der Waals surface area contributed by atoms with Crippen LogP contribution in [0.5, 0.6) is 0 Å². The Morgan fingerprint density at radius 3 is 2.76 bits per heavy atom. The predicted octanol–water partition coefficient (Wildman–Crippen LogP) is 4.78. The topological polar surface area (TPSA) is 20.3 Å². The Morgan fingerprint density at radius 2 is 2.05 bits per heavy atom. The van der Waals surface area contributed by atoms with Gasteiger partial charge in [-0.15, -0.1) is 0 Å². The third kappa shape index (κ3) is 2.93. The van der Waals surface area contributed by atoms with Gasteiger partial charge in [-0.05, 0) is 48.6 Å². The summed E-state index contributed by atoms with van der Waals surface area (Å²) in [4.78, 5) is 15.5. The highest BCUT2D eigenvalue weighted by atomic mass is 32.2. The highest BCUT2D eigenvalue weighted by Gasteiger charge is 2.29. The summed E-state index contributed by atoms with van der Waals surface area (Å²) in [5, 5.41) is 1.23. The molecule has 0 atom stereocenters. The van der Waals surface area contributed by atoms with Gasteiger partial charge >= 0.3 is 0 Å². The van der Waals surface area contributed by atoms with E-state index in [4.69, 9.17) is 0 Å². The van der Waals surface area contributed by atoms with Crippen LogP contribution in [0.15, 0.2) is 51.9 Å². The molecular weight excluding hydrogens is 278 g/mol. The van der Waals surface area contributed by atoms with Gasteiger partial charge in [0.1, 0.15) is 0 Å². The average Bonchev–Trinajstić information content (AvgIpc) is 2.73. The van der Waals surface area contributed by atoms with Crippen LogP contribution in [-0.2, 0) is 4.79 Å². The van der Waals surface area contributed by atoms with Gasteiger partial charge in [-0.3, -0.25) is 4.79 Å². The van der Waals surface area contributed by atoms with E-state index in [-0.39, 0.29) is 11.2 Å². The first-order valence-corrected chi connectivity index (χ1v) is 8.30. The lowest BCUT2D eigenvalue weighted by atomic mass is 9.77. The van der Waals surface area contributed by atoms with Crippen LogP contribution < -0.4 is 4.90 Å². The number of para-hydroxylation sites is 1. The van der Waals surface area contributed by atoms with Gasteiger partial charge in [0.25, 0.3) is 0 Å². The Bertz CT molecular complexity index is 642. The zero-order chi connectivity index (χ0) is 15.0. The van der Waals surface area contributed by atoms with Gasteiger partial charge < -0.3 is 4.90 Å². The second kappa shape index (κ2) is 5.38. The number of benzene rings is 1. The molecule has 0 saturated carbocycles. The van der Waals surface area contributed by atoms with E-state index in [0.29, 0.717) is 6.42 Å². The molecular formula is C18H21NOS. The van der Waals surface area contributed by atoms with Crippen molar-refractivity contribution in [1.82, 2.24) is 0 Å². The average molecular weight is 299 g/mol. The molecule has 1 aromatic carbocycles. The molecule has 1 heterocycles. The molecule has 0 aromatic heterocycles. The molecule has 110 valence electrons. The Balaban J connectivity index is 1.93. The van der Waals surface area contributed by atoms with Crippen molar-refractivity contribution in [2.75, 3.05) is 11.4 Å². The minimum Gasteiger partial charge on any atom is -0.335 e. The molecule has 21 heavy (non-hydrogen) atoms. The molecule has 2 nitrogen and oxygen atoms in total. The maximum Gasteiger partial charge on any atom is 0.156 e. The van der Waals surface area contributed by atoms with E-state index < -0.39 is 0 Å². The number of rotatable bonds is 2. The molecule has 1 aromatic rings. The second-order valence-electron chi connectivity index (χ2n) is 6.50. The van der Waals surface area contributed by atoms with Crippen molar-refractivity contribution in [2.24, 2.45) is 5.41 Å². The highest BCUT2D eigenvalue weighted by molar-refractivity contribution is 8.03. The number of anilines is 1. The molecule has 3 heteroatoms. The van der Waals surface area contributed by atoms with Crippen LogP contribution in [0.3, 0.4) is 0 Å². The highest BCUT2D eigenvalue weighted by Crippen LogP contribution is 2.46. The third-order valence-corrected chi connectivity index (χ3v) is 5.06. The lowest BCUT2D eigenvalue weighted by Crippen LogP contribution is -2.22. The summed E-state index contributed by atoms with van der Waals surface area (Å²) in [5.74, 6) is 0.252. The summed E-state index contributed by atoms with van der Waals surface area (Å²) < 4.78 is 0.